The minimum atomic E-state index is -0.0984. The molecule has 1 aliphatic rings. The molecular weight excluding hydrogens is 164 g/mol. The van der Waals surface area contributed by atoms with Crippen molar-refractivity contribution in [2.75, 3.05) is 6.61 Å². The predicted molar refractivity (Wildman–Crippen MR) is 52.6 cm³/mol. The lowest BCUT2D eigenvalue weighted by molar-refractivity contribution is -0.129. The van der Waals surface area contributed by atoms with Gasteiger partial charge in [-0.2, -0.15) is 0 Å². The van der Waals surface area contributed by atoms with E-state index in [2.05, 4.69) is 20.8 Å². The van der Waals surface area contributed by atoms with Gasteiger partial charge in [0, 0.05) is 13.0 Å². The molecule has 13 heavy (non-hydrogen) atoms. The zero-order chi connectivity index (χ0) is 9.84. The summed E-state index contributed by atoms with van der Waals surface area (Å²) in [5, 5.41) is 0. The molecule has 1 fully saturated rings. The Morgan fingerprint density at radius 3 is 2.69 bits per heavy atom. The van der Waals surface area contributed by atoms with E-state index in [9.17, 15) is 4.79 Å². The third kappa shape index (κ3) is 3.11. The number of ether oxygens (including phenoxy) is 1. The normalized spacial score (nSPS) is 28.3. The molecule has 2 unspecified atom stereocenters. The van der Waals surface area contributed by atoms with Gasteiger partial charge in [0.2, 0.25) is 0 Å². The van der Waals surface area contributed by atoms with Crippen molar-refractivity contribution in [3.63, 3.8) is 0 Å². The minimum absolute atomic E-state index is 0.0984. The van der Waals surface area contributed by atoms with Gasteiger partial charge in [0.1, 0.15) is 6.10 Å². The first kappa shape index (κ1) is 10.7. The highest BCUT2D eigenvalue weighted by molar-refractivity contribution is 5.83. The van der Waals surface area contributed by atoms with Crippen LogP contribution in [0.4, 0.5) is 0 Å². The van der Waals surface area contributed by atoms with Crippen LogP contribution in [-0.4, -0.2) is 18.5 Å². The van der Waals surface area contributed by atoms with Crippen molar-refractivity contribution in [1.29, 1.82) is 0 Å². The second-order valence-corrected chi connectivity index (χ2v) is 4.46. The Morgan fingerprint density at radius 1 is 1.54 bits per heavy atom. The molecule has 0 aromatic rings. The molecule has 0 aromatic heterocycles. The maximum atomic E-state index is 11.6. The molecule has 0 spiro atoms. The molecule has 1 aliphatic heterocycles. The summed E-state index contributed by atoms with van der Waals surface area (Å²) in [6.07, 6.45) is 2.62. The second-order valence-electron chi connectivity index (χ2n) is 4.46. The lowest BCUT2D eigenvalue weighted by Crippen LogP contribution is -2.25. The van der Waals surface area contributed by atoms with Crippen molar-refractivity contribution in [1.82, 2.24) is 0 Å². The van der Waals surface area contributed by atoms with Gasteiger partial charge in [-0.3, -0.25) is 4.79 Å². The first-order valence-electron chi connectivity index (χ1n) is 5.25. The van der Waals surface area contributed by atoms with E-state index in [-0.39, 0.29) is 6.10 Å². The lowest BCUT2D eigenvalue weighted by atomic mass is 9.96. The zero-order valence-corrected chi connectivity index (χ0v) is 8.88. The number of hydrogen-bond donors (Lipinski definition) is 0. The molecule has 0 radical (unpaired) electrons. The van der Waals surface area contributed by atoms with Gasteiger partial charge in [-0.25, -0.2) is 0 Å². The van der Waals surface area contributed by atoms with Crippen molar-refractivity contribution in [2.45, 2.75) is 46.1 Å². The minimum Gasteiger partial charge on any atom is -0.370 e. The van der Waals surface area contributed by atoms with Gasteiger partial charge in [0.15, 0.2) is 5.78 Å². The first-order valence-corrected chi connectivity index (χ1v) is 5.25. The summed E-state index contributed by atoms with van der Waals surface area (Å²) in [6, 6.07) is 0. The summed E-state index contributed by atoms with van der Waals surface area (Å²) in [5.74, 6) is 1.35. The van der Waals surface area contributed by atoms with E-state index < -0.39 is 0 Å². The maximum absolute atomic E-state index is 11.6. The molecular formula is C11H20O2. The van der Waals surface area contributed by atoms with E-state index >= 15 is 0 Å². The monoisotopic (exact) mass is 184 g/mol. The summed E-state index contributed by atoms with van der Waals surface area (Å²) in [7, 11) is 0. The average Bonchev–Trinajstić information content (AvgIpc) is 2.47. The highest BCUT2D eigenvalue weighted by Gasteiger charge is 2.29. The molecule has 1 saturated heterocycles. The standard InChI is InChI=1S/C11H20O2/c1-8(2)4-5-10(12)11-9(3)6-7-13-11/h8-9,11H,4-7H2,1-3H3. The second kappa shape index (κ2) is 4.75. The van der Waals surface area contributed by atoms with Gasteiger partial charge in [-0.1, -0.05) is 20.8 Å². The highest BCUT2D eigenvalue weighted by atomic mass is 16.5. The molecule has 76 valence electrons. The van der Waals surface area contributed by atoms with Gasteiger partial charge in [-0.05, 0) is 24.7 Å². The molecule has 1 rings (SSSR count). The molecule has 0 N–H and O–H groups in total. The molecule has 0 aromatic carbocycles. The number of carbonyl (C=O) groups excluding carboxylic acids is 1. The largest absolute Gasteiger partial charge is 0.370 e. The Morgan fingerprint density at radius 2 is 2.23 bits per heavy atom. The Balaban J connectivity index is 2.30. The molecule has 2 heteroatoms. The summed E-state index contributed by atoms with van der Waals surface area (Å²) in [4.78, 5) is 11.6. The van der Waals surface area contributed by atoms with Gasteiger partial charge in [0.25, 0.3) is 0 Å². The number of Topliss-reactive ketones (excluding diaryl/α,β-unsaturated/α-hetero) is 1. The topological polar surface area (TPSA) is 26.3 Å². The maximum Gasteiger partial charge on any atom is 0.161 e. The molecule has 2 nitrogen and oxygen atoms in total. The Labute approximate surface area is 80.7 Å². The summed E-state index contributed by atoms with van der Waals surface area (Å²) in [5.41, 5.74) is 0. The molecule has 0 saturated carbocycles. The SMILES string of the molecule is CC(C)CCC(=O)C1OCCC1C. The number of ketones is 1. The quantitative estimate of drug-likeness (QED) is 0.670. The van der Waals surface area contributed by atoms with E-state index in [1.165, 1.54) is 0 Å². The fourth-order valence-electron chi connectivity index (χ4n) is 1.68. The van der Waals surface area contributed by atoms with Crippen molar-refractivity contribution in [2.24, 2.45) is 11.8 Å². The number of carbonyl (C=O) groups is 1. The van der Waals surface area contributed by atoms with Gasteiger partial charge in [0.05, 0.1) is 0 Å². The van der Waals surface area contributed by atoms with Crippen molar-refractivity contribution >= 4 is 5.78 Å². The lowest BCUT2D eigenvalue weighted by Gasteiger charge is -2.13. The summed E-state index contributed by atoms with van der Waals surface area (Å²) >= 11 is 0. The smallest absolute Gasteiger partial charge is 0.161 e. The van der Waals surface area contributed by atoms with Crippen molar-refractivity contribution < 1.29 is 9.53 Å². The molecule has 0 aliphatic carbocycles. The fraction of sp³-hybridized carbons (Fsp3) is 0.909. The third-order valence-corrected chi connectivity index (χ3v) is 2.67. The van der Waals surface area contributed by atoms with Crippen LogP contribution in [0.1, 0.15) is 40.0 Å². The Kier molecular flexibility index (Phi) is 3.91. The highest BCUT2D eigenvalue weighted by Crippen LogP contribution is 2.22. The van der Waals surface area contributed by atoms with Crippen LogP contribution in [0.3, 0.4) is 0 Å². The van der Waals surface area contributed by atoms with Crippen LogP contribution in [0.5, 0.6) is 0 Å². The first-order chi connectivity index (χ1) is 6.11. The molecule has 0 amide bonds. The Hall–Kier alpha value is -0.370. The van der Waals surface area contributed by atoms with Crippen molar-refractivity contribution in [3.05, 3.63) is 0 Å². The molecule has 0 bridgehead atoms. The summed E-state index contributed by atoms with van der Waals surface area (Å²) in [6.45, 7) is 7.16. The van der Waals surface area contributed by atoms with Crippen LogP contribution in [0, 0.1) is 11.8 Å². The van der Waals surface area contributed by atoms with E-state index in [0.717, 1.165) is 19.4 Å². The number of rotatable bonds is 4. The summed E-state index contributed by atoms with van der Waals surface area (Å²) < 4.78 is 5.41. The Bertz CT molecular complexity index is 175. The molecule has 2 atom stereocenters. The van der Waals surface area contributed by atoms with E-state index in [0.29, 0.717) is 24.0 Å². The van der Waals surface area contributed by atoms with E-state index in [4.69, 9.17) is 4.74 Å². The fourth-order valence-corrected chi connectivity index (χ4v) is 1.68. The van der Waals surface area contributed by atoms with Crippen LogP contribution in [0.2, 0.25) is 0 Å². The van der Waals surface area contributed by atoms with Gasteiger partial charge in [-0.15, -0.1) is 0 Å². The van der Waals surface area contributed by atoms with E-state index in [1.54, 1.807) is 0 Å². The van der Waals surface area contributed by atoms with Gasteiger partial charge < -0.3 is 4.74 Å². The third-order valence-electron chi connectivity index (χ3n) is 2.67. The van der Waals surface area contributed by atoms with Crippen LogP contribution < -0.4 is 0 Å². The van der Waals surface area contributed by atoms with Crippen LogP contribution in [0.15, 0.2) is 0 Å². The van der Waals surface area contributed by atoms with Crippen molar-refractivity contribution in [3.8, 4) is 0 Å². The predicted octanol–water partition coefficient (Wildman–Crippen LogP) is 2.42. The van der Waals surface area contributed by atoms with Crippen LogP contribution in [0.25, 0.3) is 0 Å². The van der Waals surface area contributed by atoms with Crippen LogP contribution in [-0.2, 0) is 9.53 Å². The molecule has 1 heterocycles. The van der Waals surface area contributed by atoms with Crippen LogP contribution >= 0.6 is 0 Å². The van der Waals surface area contributed by atoms with Gasteiger partial charge >= 0.3 is 0 Å². The number of hydrogen-bond acceptors (Lipinski definition) is 2. The zero-order valence-electron chi connectivity index (χ0n) is 8.88. The van der Waals surface area contributed by atoms with E-state index in [1.807, 2.05) is 0 Å². The average molecular weight is 184 g/mol.